The predicted molar refractivity (Wildman–Crippen MR) is 62.9 cm³/mol. The molecule has 0 radical (unpaired) electrons. The quantitative estimate of drug-likeness (QED) is 0.650. The second-order valence-corrected chi connectivity index (χ2v) is 4.57. The number of carbonyl (C=O) groups excluding carboxylic acids is 1. The number of rotatable bonds is 8. The van der Waals surface area contributed by atoms with Gasteiger partial charge >= 0.3 is 0 Å². The summed E-state index contributed by atoms with van der Waals surface area (Å²) in [5, 5.41) is 12.9. The first-order valence-corrected chi connectivity index (χ1v) is 5.93. The van der Waals surface area contributed by atoms with Gasteiger partial charge < -0.3 is 10.4 Å². The van der Waals surface area contributed by atoms with Crippen molar-refractivity contribution < 1.29 is 9.90 Å². The molecule has 15 heavy (non-hydrogen) atoms. The second-order valence-electron chi connectivity index (χ2n) is 4.57. The third kappa shape index (κ3) is 5.28. The van der Waals surface area contributed by atoms with E-state index in [1.807, 2.05) is 13.8 Å². The van der Waals surface area contributed by atoms with Gasteiger partial charge in [0.1, 0.15) is 6.10 Å². The molecule has 1 atom stereocenters. The minimum Gasteiger partial charge on any atom is -0.385 e. The highest BCUT2D eigenvalue weighted by molar-refractivity contribution is 5.91. The molecule has 0 aromatic rings. The summed E-state index contributed by atoms with van der Waals surface area (Å²) in [4.78, 5) is 11.9. The maximum atomic E-state index is 11.9. The van der Waals surface area contributed by atoms with Gasteiger partial charge in [-0.05, 0) is 33.2 Å². The molecule has 90 valence electrons. The molecule has 1 unspecified atom stereocenters. The van der Waals surface area contributed by atoms with E-state index in [1.54, 1.807) is 0 Å². The van der Waals surface area contributed by atoms with Crippen molar-refractivity contribution in [1.29, 1.82) is 0 Å². The molecule has 3 nitrogen and oxygen atoms in total. The largest absolute Gasteiger partial charge is 0.385 e. The maximum Gasteiger partial charge on any atom is 0.180 e. The Kier molecular flexibility index (Phi) is 6.77. The van der Waals surface area contributed by atoms with Gasteiger partial charge in [-0.25, -0.2) is 0 Å². The summed E-state index contributed by atoms with van der Waals surface area (Å²) in [5.74, 6) is -0.0931. The minimum atomic E-state index is -0.815. The Morgan fingerprint density at radius 1 is 1.33 bits per heavy atom. The van der Waals surface area contributed by atoms with Crippen LogP contribution < -0.4 is 5.32 Å². The van der Waals surface area contributed by atoms with Crippen molar-refractivity contribution in [2.24, 2.45) is 0 Å². The summed E-state index contributed by atoms with van der Waals surface area (Å²) in [7, 11) is 0. The van der Waals surface area contributed by atoms with Crippen LogP contribution in [-0.4, -0.2) is 29.1 Å². The van der Waals surface area contributed by atoms with Crippen LogP contribution in [0.2, 0.25) is 0 Å². The zero-order chi connectivity index (χ0) is 11.9. The lowest BCUT2D eigenvalue weighted by Gasteiger charge is -2.27. The molecule has 0 aromatic carbocycles. The van der Waals surface area contributed by atoms with Gasteiger partial charge in [-0.15, -0.1) is 0 Å². The van der Waals surface area contributed by atoms with E-state index in [9.17, 15) is 9.90 Å². The van der Waals surface area contributed by atoms with E-state index in [1.165, 1.54) is 0 Å². The summed E-state index contributed by atoms with van der Waals surface area (Å²) in [6.07, 6.45) is 2.66. The molecule has 0 spiro atoms. The topological polar surface area (TPSA) is 49.3 Å². The fraction of sp³-hybridized carbons (Fsp3) is 0.917. The van der Waals surface area contributed by atoms with Gasteiger partial charge in [0, 0.05) is 0 Å². The summed E-state index contributed by atoms with van der Waals surface area (Å²) >= 11 is 0. The van der Waals surface area contributed by atoms with Crippen LogP contribution >= 0.6 is 0 Å². The van der Waals surface area contributed by atoms with Crippen LogP contribution in [0.5, 0.6) is 0 Å². The van der Waals surface area contributed by atoms with Gasteiger partial charge in [0.25, 0.3) is 0 Å². The molecule has 3 heteroatoms. The number of Topliss-reactive ketones (excluding diaryl/α,β-unsaturated/α-hetero) is 1. The van der Waals surface area contributed by atoms with Crippen molar-refractivity contribution in [3.05, 3.63) is 0 Å². The number of hydrogen-bond acceptors (Lipinski definition) is 3. The number of nitrogens with one attached hydrogen (secondary N) is 1. The molecule has 0 saturated carbocycles. The number of aliphatic hydroxyl groups is 1. The number of unbranched alkanes of at least 4 members (excludes halogenated alkanes) is 1. The molecular formula is C12H25NO2. The lowest BCUT2D eigenvalue weighted by molar-refractivity contribution is -0.133. The van der Waals surface area contributed by atoms with E-state index in [0.29, 0.717) is 6.42 Å². The van der Waals surface area contributed by atoms with Gasteiger partial charge in [0.05, 0.1) is 5.54 Å². The molecule has 0 saturated heterocycles. The molecular weight excluding hydrogens is 190 g/mol. The van der Waals surface area contributed by atoms with Gasteiger partial charge in [-0.3, -0.25) is 4.79 Å². The van der Waals surface area contributed by atoms with Crippen LogP contribution in [0, 0.1) is 0 Å². The van der Waals surface area contributed by atoms with E-state index < -0.39 is 11.6 Å². The van der Waals surface area contributed by atoms with E-state index in [-0.39, 0.29) is 5.78 Å². The van der Waals surface area contributed by atoms with Crippen LogP contribution in [0.4, 0.5) is 0 Å². The summed E-state index contributed by atoms with van der Waals surface area (Å²) in [5.41, 5.74) is -0.608. The average Bonchev–Trinajstić information content (AvgIpc) is 2.21. The van der Waals surface area contributed by atoms with Crippen molar-refractivity contribution in [3.8, 4) is 0 Å². The highest BCUT2D eigenvalue weighted by Gasteiger charge is 2.31. The van der Waals surface area contributed by atoms with Gasteiger partial charge in [0.15, 0.2) is 5.78 Å². The Morgan fingerprint density at radius 3 is 2.40 bits per heavy atom. The Bertz CT molecular complexity index is 190. The monoisotopic (exact) mass is 215 g/mol. The second kappa shape index (κ2) is 6.96. The fourth-order valence-corrected chi connectivity index (χ4v) is 1.47. The Morgan fingerprint density at radius 2 is 1.93 bits per heavy atom. The Labute approximate surface area is 93.3 Å². The molecule has 0 rings (SSSR count). The maximum absolute atomic E-state index is 11.9. The summed E-state index contributed by atoms with van der Waals surface area (Å²) < 4.78 is 0. The SMILES string of the molecule is CCCCC(O)C(=O)C(C)(C)NCCC. The number of hydrogen-bond donors (Lipinski definition) is 2. The zero-order valence-electron chi connectivity index (χ0n) is 10.5. The highest BCUT2D eigenvalue weighted by Crippen LogP contribution is 2.11. The highest BCUT2D eigenvalue weighted by atomic mass is 16.3. The molecule has 0 fully saturated rings. The van der Waals surface area contributed by atoms with E-state index >= 15 is 0 Å². The summed E-state index contributed by atoms with van der Waals surface area (Å²) in [6.45, 7) is 8.58. The molecule has 0 aliphatic rings. The van der Waals surface area contributed by atoms with E-state index in [0.717, 1.165) is 25.8 Å². The van der Waals surface area contributed by atoms with Crippen LogP contribution in [-0.2, 0) is 4.79 Å². The number of ketones is 1. The number of carbonyl (C=O) groups is 1. The standard InChI is InChI=1S/C12H25NO2/c1-5-7-8-10(14)11(15)12(3,4)13-9-6-2/h10,13-14H,5-9H2,1-4H3. The van der Waals surface area contributed by atoms with Crippen molar-refractivity contribution in [3.63, 3.8) is 0 Å². The molecule has 0 amide bonds. The molecule has 0 heterocycles. The predicted octanol–water partition coefficient (Wildman–Crippen LogP) is 1.88. The first-order chi connectivity index (χ1) is 6.95. The van der Waals surface area contributed by atoms with Crippen molar-refractivity contribution >= 4 is 5.78 Å². The summed E-state index contributed by atoms with van der Waals surface area (Å²) in [6, 6.07) is 0. The van der Waals surface area contributed by atoms with Crippen molar-refractivity contribution in [2.75, 3.05) is 6.54 Å². The van der Waals surface area contributed by atoms with Crippen LogP contribution in [0.3, 0.4) is 0 Å². The lowest BCUT2D eigenvalue weighted by Crippen LogP contribution is -2.51. The minimum absolute atomic E-state index is 0.0931. The third-order valence-corrected chi connectivity index (χ3v) is 2.57. The third-order valence-electron chi connectivity index (χ3n) is 2.57. The average molecular weight is 215 g/mol. The molecule has 0 bridgehead atoms. The first kappa shape index (κ1) is 14.6. The molecule has 2 N–H and O–H groups in total. The normalized spacial score (nSPS) is 13.9. The first-order valence-electron chi connectivity index (χ1n) is 5.93. The molecule has 0 aromatic heterocycles. The molecule has 0 aliphatic heterocycles. The van der Waals surface area contributed by atoms with Crippen LogP contribution in [0.25, 0.3) is 0 Å². The molecule has 0 aliphatic carbocycles. The van der Waals surface area contributed by atoms with Gasteiger partial charge in [0.2, 0.25) is 0 Å². The lowest BCUT2D eigenvalue weighted by atomic mass is 9.92. The Balaban J connectivity index is 4.14. The van der Waals surface area contributed by atoms with Crippen molar-refractivity contribution in [1.82, 2.24) is 5.32 Å². The smallest absolute Gasteiger partial charge is 0.180 e. The van der Waals surface area contributed by atoms with Crippen LogP contribution in [0.1, 0.15) is 53.4 Å². The van der Waals surface area contributed by atoms with Gasteiger partial charge in [-0.2, -0.15) is 0 Å². The van der Waals surface area contributed by atoms with Crippen LogP contribution in [0.15, 0.2) is 0 Å². The van der Waals surface area contributed by atoms with Crippen molar-refractivity contribution in [2.45, 2.75) is 65.0 Å². The Hall–Kier alpha value is -0.410. The van der Waals surface area contributed by atoms with Gasteiger partial charge in [-0.1, -0.05) is 26.7 Å². The van der Waals surface area contributed by atoms with E-state index in [4.69, 9.17) is 0 Å². The van der Waals surface area contributed by atoms with E-state index in [2.05, 4.69) is 19.2 Å². The number of aliphatic hydroxyl groups excluding tert-OH is 1. The fourth-order valence-electron chi connectivity index (χ4n) is 1.47. The zero-order valence-corrected chi connectivity index (χ0v) is 10.5.